The largest absolute Gasteiger partial charge is 0.449 e. The van der Waals surface area contributed by atoms with Gasteiger partial charge in [0.25, 0.3) is 5.91 Å². The molecule has 0 bridgehead atoms. The SMILES string of the molecule is Cc1c(C(=O)O[C@H](C)C(=O)Nc2ccc(C(N)=O)cc2)oc2ccccc12. The number of carbonyl (C=O) groups excluding carboxylic acids is 3. The highest BCUT2D eigenvalue weighted by Crippen LogP contribution is 2.25. The van der Waals surface area contributed by atoms with Crippen molar-refractivity contribution in [3.8, 4) is 0 Å². The first kappa shape index (κ1) is 18.2. The van der Waals surface area contributed by atoms with Crippen LogP contribution in [0.2, 0.25) is 0 Å². The summed E-state index contributed by atoms with van der Waals surface area (Å²) in [5.74, 6) is -1.71. The lowest BCUT2D eigenvalue weighted by molar-refractivity contribution is -0.123. The van der Waals surface area contributed by atoms with E-state index >= 15 is 0 Å². The van der Waals surface area contributed by atoms with E-state index in [9.17, 15) is 14.4 Å². The number of rotatable bonds is 5. The normalized spacial score (nSPS) is 11.8. The van der Waals surface area contributed by atoms with Gasteiger partial charge in [-0.15, -0.1) is 0 Å². The molecular weight excluding hydrogens is 348 g/mol. The molecule has 0 unspecified atom stereocenters. The summed E-state index contributed by atoms with van der Waals surface area (Å²) in [6, 6.07) is 13.3. The summed E-state index contributed by atoms with van der Waals surface area (Å²) in [7, 11) is 0. The van der Waals surface area contributed by atoms with Crippen molar-refractivity contribution < 1.29 is 23.5 Å². The van der Waals surface area contributed by atoms with Crippen molar-refractivity contribution in [1.29, 1.82) is 0 Å². The average molecular weight is 366 g/mol. The highest BCUT2D eigenvalue weighted by molar-refractivity contribution is 5.99. The molecule has 1 aromatic heterocycles. The van der Waals surface area contributed by atoms with Crippen LogP contribution < -0.4 is 11.1 Å². The van der Waals surface area contributed by atoms with Crippen molar-refractivity contribution in [3.05, 3.63) is 65.4 Å². The van der Waals surface area contributed by atoms with Crippen LogP contribution in [0.3, 0.4) is 0 Å². The number of nitrogens with one attached hydrogen (secondary N) is 1. The van der Waals surface area contributed by atoms with Crippen molar-refractivity contribution in [3.63, 3.8) is 0 Å². The quantitative estimate of drug-likeness (QED) is 0.674. The Morgan fingerprint density at radius 1 is 1.07 bits per heavy atom. The minimum atomic E-state index is -1.04. The Morgan fingerprint density at radius 2 is 1.74 bits per heavy atom. The van der Waals surface area contributed by atoms with Gasteiger partial charge in [-0.05, 0) is 44.2 Å². The first-order valence-electron chi connectivity index (χ1n) is 8.26. The van der Waals surface area contributed by atoms with Gasteiger partial charge in [0.15, 0.2) is 6.10 Å². The number of nitrogens with two attached hydrogens (primary N) is 1. The summed E-state index contributed by atoms with van der Waals surface area (Å²) >= 11 is 0. The van der Waals surface area contributed by atoms with Crippen LogP contribution in [0.25, 0.3) is 11.0 Å². The number of amides is 2. The fourth-order valence-corrected chi connectivity index (χ4v) is 2.60. The number of hydrogen-bond donors (Lipinski definition) is 2. The van der Waals surface area contributed by atoms with Gasteiger partial charge in [-0.3, -0.25) is 9.59 Å². The van der Waals surface area contributed by atoms with Crippen LogP contribution in [0, 0.1) is 6.92 Å². The number of hydrogen-bond acceptors (Lipinski definition) is 5. The van der Waals surface area contributed by atoms with Gasteiger partial charge < -0.3 is 20.2 Å². The molecule has 3 aromatic rings. The average Bonchev–Trinajstić information content (AvgIpc) is 2.99. The molecule has 2 aromatic carbocycles. The molecule has 0 spiro atoms. The molecule has 0 saturated carbocycles. The van der Waals surface area contributed by atoms with Crippen LogP contribution >= 0.6 is 0 Å². The third-order valence-electron chi connectivity index (χ3n) is 4.12. The van der Waals surface area contributed by atoms with Gasteiger partial charge in [0.2, 0.25) is 11.7 Å². The van der Waals surface area contributed by atoms with E-state index in [-0.39, 0.29) is 5.76 Å². The third-order valence-corrected chi connectivity index (χ3v) is 4.12. The monoisotopic (exact) mass is 366 g/mol. The Kier molecular flexibility index (Phi) is 4.94. The van der Waals surface area contributed by atoms with E-state index in [1.165, 1.54) is 31.2 Å². The zero-order valence-corrected chi connectivity index (χ0v) is 14.8. The topological polar surface area (TPSA) is 112 Å². The van der Waals surface area contributed by atoms with Gasteiger partial charge >= 0.3 is 5.97 Å². The smallest absolute Gasteiger partial charge is 0.375 e. The van der Waals surface area contributed by atoms with Crippen LogP contribution in [0.5, 0.6) is 0 Å². The first-order valence-corrected chi connectivity index (χ1v) is 8.26. The van der Waals surface area contributed by atoms with Gasteiger partial charge in [-0.2, -0.15) is 0 Å². The van der Waals surface area contributed by atoms with E-state index < -0.39 is 23.9 Å². The fourth-order valence-electron chi connectivity index (χ4n) is 2.60. The van der Waals surface area contributed by atoms with E-state index in [1.807, 2.05) is 12.1 Å². The molecule has 3 rings (SSSR count). The number of esters is 1. The minimum absolute atomic E-state index is 0.0710. The lowest BCUT2D eigenvalue weighted by Gasteiger charge is -2.13. The minimum Gasteiger partial charge on any atom is -0.449 e. The summed E-state index contributed by atoms with van der Waals surface area (Å²) in [6.07, 6.45) is -1.04. The standard InChI is InChI=1S/C20H18N2O5/c1-11-15-5-3-4-6-16(15)27-17(11)20(25)26-12(2)19(24)22-14-9-7-13(8-10-14)18(21)23/h3-10,12H,1-2H3,(H2,21,23)(H,22,24)/t12-/m1/s1. The number of ether oxygens (including phenoxy) is 1. The van der Waals surface area contributed by atoms with Crippen molar-refractivity contribution in [2.45, 2.75) is 20.0 Å². The number of para-hydroxylation sites is 1. The van der Waals surface area contributed by atoms with Crippen molar-refractivity contribution in [2.75, 3.05) is 5.32 Å². The molecule has 3 N–H and O–H groups in total. The summed E-state index contributed by atoms with van der Waals surface area (Å²) in [6.45, 7) is 3.22. The molecule has 1 heterocycles. The maximum absolute atomic E-state index is 12.4. The molecule has 7 nitrogen and oxygen atoms in total. The third kappa shape index (κ3) is 3.82. The Labute approximate surface area is 155 Å². The van der Waals surface area contributed by atoms with E-state index in [4.69, 9.17) is 14.9 Å². The fraction of sp³-hybridized carbons (Fsp3) is 0.150. The number of anilines is 1. The number of aryl methyl sites for hydroxylation is 1. The zero-order valence-electron chi connectivity index (χ0n) is 14.8. The second-order valence-electron chi connectivity index (χ2n) is 6.03. The van der Waals surface area contributed by atoms with Gasteiger partial charge in [0.05, 0.1) is 0 Å². The molecule has 0 fully saturated rings. The van der Waals surface area contributed by atoms with Crippen LogP contribution in [0.15, 0.2) is 52.9 Å². The predicted molar refractivity (Wildman–Crippen MR) is 99.4 cm³/mol. The van der Waals surface area contributed by atoms with Crippen LogP contribution in [0.4, 0.5) is 5.69 Å². The molecule has 2 amide bonds. The first-order chi connectivity index (χ1) is 12.9. The Bertz CT molecular complexity index is 1020. The van der Waals surface area contributed by atoms with Gasteiger partial charge in [-0.1, -0.05) is 18.2 Å². The van der Waals surface area contributed by atoms with Crippen LogP contribution in [0.1, 0.15) is 33.4 Å². The van der Waals surface area contributed by atoms with E-state index in [2.05, 4.69) is 5.32 Å². The molecular formula is C20H18N2O5. The van der Waals surface area contributed by atoms with Gasteiger partial charge in [-0.25, -0.2) is 4.79 Å². The Balaban J connectivity index is 1.67. The van der Waals surface area contributed by atoms with Gasteiger partial charge in [0.1, 0.15) is 5.58 Å². The molecule has 0 aliphatic rings. The lowest BCUT2D eigenvalue weighted by Crippen LogP contribution is -2.30. The molecule has 1 atom stereocenters. The molecule has 0 saturated heterocycles. The van der Waals surface area contributed by atoms with E-state index in [0.717, 1.165) is 5.39 Å². The summed E-state index contributed by atoms with van der Waals surface area (Å²) < 4.78 is 10.8. The van der Waals surface area contributed by atoms with Crippen LogP contribution in [-0.4, -0.2) is 23.9 Å². The van der Waals surface area contributed by atoms with E-state index in [0.29, 0.717) is 22.4 Å². The number of fused-ring (bicyclic) bond motifs is 1. The molecule has 138 valence electrons. The van der Waals surface area contributed by atoms with Crippen molar-refractivity contribution in [2.24, 2.45) is 5.73 Å². The van der Waals surface area contributed by atoms with E-state index in [1.54, 1.807) is 19.1 Å². The lowest BCUT2D eigenvalue weighted by atomic mass is 10.1. The summed E-state index contributed by atoms with van der Waals surface area (Å²) in [4.78, 5) is 35.7. The summed E-state index contributed by atoms with van der Waals surface area (Å²) in [5, 5.41) is 3.42. The van der Waals surface area contributed by atoms with Crippen molar-refractivity contribution >= 4 is 34.4 Å². The number of primary amides is 1. The second kappa shape index (κ2) is 7.33. The molecule has 0 aliphatic carbocycles. The molecule has 0 radical (unpaired) electrons. The number of furan rings is 1. The highest BCUT2D eigenvalue weighted by Gasteiger charge is 2.24. The van der Waals surface area contributed by atoms with Crippen molar-refractivity contribution in [1.82, 2.24) is 0 Å². The zero-order chi connectivity index (χ0) is 19.6. The Morgan fingerprint density at radius 3 is 2.37 bits per heavy atom. The number of carbonyl (C=O) groups is 3. The second-order valence-corrected chi connectivity index (χ2v) is 6.03. The molecule has 7 heteroatoms. The van der Waals surface area contributed by atoms with Gasteiger partial charge in [0, 0.05) is 22.2 Å². The molecule has 0 aliphatic heterocycles. The maximum atomic E-state index is 12.4. The number of benzene rings is 2. The Hall–Kier alpha value is -3.61. The highest BCUT2D eigenvalue weighted by atomic mass is 16.6. The predicted octanol–water partition coefficient (Wildman–Crippen LogP) is 3.02. The van der Waals surface area contributed by atoms with Crippen LogP contribution in [-0.2, 0) is 9.53 Å². The maximum Gasteiger partial charge on any atom is 0.375 e. The summed E-state index contributed by atoms with van der Waals surface area (Å²) in [5.41, 5.74) is 7.18. The molecule has 27 heavy (non-hydrogen) atoms.